The van der Waals surface area contributed by atoms with Gasteiger partial charge in [0.1, 0.15) is 23.3 Å². The standard InChI is InChI=1S/C17H23FN2O8S/c1-17(2,3)28-16(21)19-9-15(8-13(19)10-26-29(4,24)25)27-14-6-11(18)5-12(7-14)20(22)23/h5-7,13,15H,8-10H2,1-4H3. The molecule has 1 amide bonds. The maximum absolute atomic E-state index is 13.6. The molecule has 1 aliphatic heterocycles. The number of nitro groups is 1. The molecular weight excluding hydrogens is 411 g/mol. The van der Waals surface area contributed by atoms with E-state index >= 15 is 0 Å². The van der Waals surface area contributed by atoms with Gasteiger partial charge in [0.2, 0.25) is 0 Å². The first-order chi connectivity index (χ1) is 13.2. The molecular formula is C17H23FN2O8S. The number of halogens is 1. The minimum atomic E-state index is -3.74. The van der Waals surface area contributed by atoms with E-state index in [0.29, 0.717) is 0 Å². The number of carbonyl (C=O) groups is 1. The second-order valence-corrected chi connectivity index (χ2v) is 9.30. The highest BCUT2D eigenvalue weighted by molar-refractivity contribution is 7.85. The summed E-state index contributed by atoms with van der Waals surface area (Å²) in [4.78, 5) is 23.9. The van der Waals surface area contributed by atoms with E-state index in [0.717, 1.165) is 24.5 Å². The summed E-state index contributed by atoms with van der Waals surface area (Å²) in [5.41, 5.74) is -1.25. The first-order valence-corrected chi connectivity index (χ1v) is 10.5. The van der Waals surface area contributed by atoms with Crippen molar-refractivity contribution >= 4 is 21.9 Å². The van der Waals surface area contributed by atoms with E-state index < -0.39 is 50.4 Å². The summed E-state index contributed by atoms with van der Waals surface area (Å²) in [5.74, 6) is -0.913. The van der Waals surface area contributed by atoms with Gasteiger partial charge in [-0.3, -0.25) is 19.2 Å². The molecule has 2 atom stereocenters. The van der Waals surface area contributed by atoms with Crippen LogP contribution in [0.25, 0.3) is 0 Å². The predicted molar refractivity (Wildman–Crippen MR) is 99.6 cm³/mol. The lowest BCUT2D eigenvalue weighted by Gasteiger charge is -2.28. The summed E-state index contributed by atoms with van der Waals surface area (Å²) in [6, 6.07) is 2.15. The van der Waals surface area contributed by atoms with Gasteiger partial charge in [0.25, 0.3) is 15.8 Å². The van der Waals surface area contributed by atoms with Crippen LogP contribution in [0.3, 0.4) is 0 Å². The Morgan fingerprint density at radius 3 is 2.55 bits per heavy atom. The van der Waals surface area contributed by atoms with E-state index in [-0.39, 0.29) is 25.3 Å². The van der Waals surface area contributed by atoms with Crippen molar-refractivity contribution in [1.29, 1.82) is 0 Å². The molecule has 10 nitrogen and oxygen atoms in total. The monoisotopic (exact) mass is 434 g/mol. The molecule has 1 aromatic carbocycles. The van der Waals surface area contributed by atoms with Gasteiger partial charge < -0.3 is 9.47 Å². The van der Waals surface area contributed by atoms with Gasteiger partial charge in [-0.15, -0.1) is 0 Å². The lowest BCUT2D eigenvalue weighted by atomic mass is 10.2. The van der Waals surface area contributed by atoms with Crippen LogP contribution in [0.15, 0.2) is 18.2 Å². The SMILES string of the molecule is CC(C)(C)OC(=O)N1CC(Oc2cc(F)cc([N+](=O)[O-])c2)CC1COS(C)(=O)=O. The average Bonchev–Trinajstić information content (AvgIpc) is 2.93. The van der Waals surface area contributed by atoms with E-state index in [2.05, 4.69) is 0 Å². The van der Waals surface area contributed by atoms with Crippen molar-refractivity contribution in [3.8, 4) is 5.75 Å². The van der Waals surface area contributed by atoms with Gasteiger partial charge in [0.15, 0.2) is 0 Å². The third-order valence-electron chi connectivity index (χ3n) is 3.85. The number of ether oxygens (including phenoxy) is 2. The lowest BCUT2D eigenvalue weighted by Crippen LogP contribution is -2.42. The van der Waals surface area contributed by atoms with Gasteiger partial charge in [-0.1, -0.05) is 0 Å². The van der Waals surface area contributed by atoms with E-state index in [1.54, 1.807) is 20.8 Å². The number of carbonyl (C=O) groups excluding carboxylic acids is 1. The molecule has 162 valence electrons. The number of rotatable bonds is 6. The van der Waals surface area contributed by atoms with Gasteiger partial charge in [0.05, 0.1) is 42.5 Å². The Morgan fingerprint density at radius 2 is 2.00 bits per heavy atom. The Bertz CT molecular complexity index is 884. The Balaban J connectivity index is 2.18. The van der Waals surface area contributed by atoms with Gasteiger partial charge in [-0.05, 0) is 20.8 Å². The molecule has 12 heteroatoms. The molecule has 0 saturated carbocycles. The summed E-state index contributed by atoms with van der Waals surface area (Å²) in [6.07, 6.45) is -0.299. The Morgan fingerprint density at radius 1 is 1.34 bits per heavy atom. The fraction of sp³-hybridized carbons (Fsp3) is 0.588. The van der Waals surface area contributed by atoms with Crippen molar-refractivity contribution < 1.29 is 36.2 Å². The van der Waals surface area contributed by atoms with Crippen molar-refractivity contribution in [3.05, 3.63) is 34.1 Å². The Labute approximate surface area is 167 Å². The number of non-ortho nitro benzene ring substituents is 1. The minimum absolute atomic E-state index is 0.0109. The van der Waals surface area contributed by atoms with Gasteiger partial charge in [-0.25, -0.2) is 9.18 Å². The highest BCUT2D eigenvalue weighted by Crippen LogP contribution is 2.28. The fourth-order valence-electron chi connectivity index (χ4n) is 2.78. The topological polar surface area (TPSA) is 125 Å². The predicted octanol–water partition coefficient (Wildman–Crippen LogP) is 2.47. The molecule has 1 heterocycles. The molecule has 0 bridgehead atoms. The van der Waals surface area contributed by atoms with E-state index in [1.807, 2.05) is 0 Å². The van der Waals surface area contributed by atoms with Crippen molar-refractivity contribution in [1.82, 2.24) is 4.90 Å². The number of nitro benzene ring substituents is 1. The van der Waals surface area contributed by atoms with Crippen LogP contribution in [0.2, 0.25) is 0 Å². The molecule has 1 aromatic rings. The van der Waals surface area contributed by atoms with E-state index in [9.17, 15) is 27.7 Å². The summed E-state index contributed by atoms with van der Waals surface area (Å²) in [7, 11) is -3.74. The number of amides is 1. The lowest BCUT2D eigenvalue weighted by molar-refractivity contribution is -0.385. The number of benzene rings is 1. The van der Waals surface area contributed by atoms with Gasteiger partial charge in [0, 0.05) is 12.5 Å². The zero-order valence-corrected chi connectivity index (χ0v) is 17.3. The number of nitrogens with zero attached hydrogens (tertiary/aromatic N) is 2. The quantitative estimate of drug-likeness (QED) is 0.380. The molecule has 0 aromatic heterocycles. The van der Waals surface area contributed by atoms with Gasteiger partial charge >= 0.3 is 6.09 Å². The Hall–Kier alpha value is -2.47. The van der Waals surface area contributed by atoms with Crippen LogP contribution < -0.4 is 4.74 Å². The zero-order chi connectivity index (χ0) is 22.0. The molecule has 0 spiro atoms. The molecule has 0 aliphatic carbocycles. The molecule has 1 fully saturated rings. The molecule has 2 unspecified atom stereocenters. The van der Waals surface area contributed by atoms with Crippen LogP contribution in [0.4, 0.5) is 14.9 Å². The van der Waals surface area contributed by atoms with Crippen LogP contribution in [0.5, 0.6) is 5.75 Å². The second-order valence-electron chi connectivity index (χ2n) is 7.65. The van der Waals surface area contributed by atoms with Crippen LogP contribution in [-0.4, -0.2) is 61.5 Å². The summed E-state index contributed by atoms with van der Waals surface area (Å²) >= 11 is 0. The van der Waals surface area contributed by atoms with E-state index in [4.69, 9.17) is 13.7 Å². The smallest absolute Gasteiger partial charge is 0.410 e. The number of likely N-dealkylation sites (tertiary alicyclic amines) is 1. The summed E-state index contributed by atoms with van der Waals surface area (Å²) in [5, 5.41) is 10.9. The largest absolute Gasteiger partial charge is 0.488 e. The van der Waals surface area contributed by atoms with Gasteiger partial charge in [-0.2, -0.15) is 8.42 Å². The van der Waals surface area contributed by atoms with Crippen molar-refractivity contribution in [2.45, 2.75) is 44.9 Å². The zero-order valence-electron chi connectivity index (χ0n) is 16.5. The first-order valence-electron chi connectivity index (χ1n) is 8.69. The fourth-order valence-corrected chi connectivity index (χ4v) is 3.18. The number of hydrogen-bond donors (Lipinski definition) is 0. The van der Waals surface area contributed by atoms with E-state index in [1.165, 1.54) is 4.90 Å². The molecule has 1 aliphatic rings. The minimum Gasteiger partial charge on any atom is -0.488 e. The first kappa shape index (κ1) is 22.8. The van der Waals surface area contributed by atoms with Crippen molar-refractivity contribution in [3.63, 3.8) is 0 Å². The average molecular weight is 434 g/mol. The third kappa shape index (κ3) is 7.13. The number of hydrogen-bond acceptors (Lipinski definition) is 8. The molecule has 0 N–H and O–H groups in total. The molecule has 2 rings (SSSR count). The van der Waals surface area contributed by atoms with Crippen molar-refractivity contribution in [2.24, 2.45) is 0 Å². The van der Waals surface area contributed by atoms with Crippen LogP contribution in [0, 0.1) is 15.9 Å². The van der Waals surface area contributed by atoms with Crippen molar-refractivity contribution in [2.75, 3.05) is 19.4 Å². The second kappa shape index (κ2) is 8.49. The molecule has 0 radical (unpaired) electrons. The normalized spacial score (nSPS) is 19.8. The maximum Gasteiger partial charge on any atom is 0.410 e. The summed E-state index contributed by atoms with van der Waals surface area (Å²) < 4.78 is 52.0. The third-order valence-corrected chi connectivity index (χ3v) is 4.41. The molecule has 29 heavy (non-hydrogen) atoms. The Kier molecular flexibility index (Phi) is 6.68. The van der Waals surface area contributed by atoms with Crippen LogP contribution >= 0.6 is 0 Å². The van der Waals surface area contributed by atoms with Crippen LogP contribution in [0.1, 0.15) is 27.2 Å². The summed E-state index contributed by atoms with van der Waals surface area (Å²) in [6.45, 7) is 4.76. The molecule has 1 saturated heterocycles. The highest BCUT2D eigenvalue weighted by Gasteiger charge is 2.39. The maximum atomic E-state index is 13.6. The highest BCUT2D eigenvalue weighted by atomic mass is 32.2. The van der Waals surface area contributed by atoms with Crippen LogP contribution in [-0.2, 0) is 19.0 Å².